The van der Waals surface area contributed by atoms with Crippen LogP contribution in [0.3, 0.4) is 0 Å². The third-order valence-corrected chi connectivity index (χ3v) is 2.81. The Morgan fingerprint density at radius 3 is 2.00 bits per heavy atom. The summed E-state index contributed by atoms with van der Waals surface area (Å²) >= 11 is 0. The van der Waals surface area contributed by atoms with Crippen LogP contribution >= 0.6 is 0 Å². The van der Waals surface area contributed by atoms with Gasteiger partial charge >= 0.3 is 17.1 Å². The van der Waals surface area contributed by atoms with Gasteiger partial charge < -0.3 is 30.6 Å². The fraction of sp³-hybridized carbons (Fsp3) is 0.545. The zero-order valence-electron chi connectivity index (χ0n) is 11.7. The van der Waals surface area contributed by atoms with Crippen LogP contribution in [0, 0.1) is 0 Å². The summed E-state index contributed by atoms with van der Waals surface area (Å²) in [5.41, 5.74) is -4.13. The van der Waals surface area contributed by atoms with Crippen LogP contribution in [-0.4, -0.2) is 61.7 Å². The molecule has 0 saturated heterocycles. The van der Waals surface area contributed by atoms with E-state index in [0.717, 1.165) is 0 Å². The van der Waals surface area contributed by atoms with Gasteiger partial charge in [-0.3, -0.25) is 0 Å². The smallest absolute Gasteiger partial charge is 0.394 e. The second-order valence-corrected chi connectivity index (χ2v) is 4.46. The Balaban J connectivity index is 3.30. The van der Waals surface area contributed by atoms with Gasteiger partial charge in [0.05, 0.1) is 12.2 Å². The van der Waals surface area contributed by atoms with Gasteiger partial charge in [0.25, 0.3) is 0 Å². The Hall–Kier alpha value is -2.29. The molecule has 0 bridgehead atoms. The third-order valence-electron chi connectivity index (χ3n) is 2.81. The first-order valence-electron chi connectivity index (χ1n) is 6.23. The lowest BCUT2D eigenvalue weighted by atomic mass is 9.96. The highest BCUT2D eigenvalue weighted by molar-refractivity contribution is 5.10. The lowest BCUT2D eigenvalue weighted by molar-refractivity contribution is -0.142. The average molecular weight is 354 g/mol. The van der Waals surface area contributed by atoms with E-state index in [1.807, 2.05) is 0 Å². The molecule has 5 atom stereocenters. The molecule has 0 aliphatic rings. The van der Waals surface area contributed by atoms with Gasteiger partial charge in [0.1, 0.15) is 30.5 Å². The lowest BCUT2D eigenvalue weighted by Gasteiger charge is -2.27. The van der Waals surface area contributed by atoms with Crippen molar-refractivity contribution in [3.63, 3.8) is 0 Å². The fourth-order valence-electron chi connectivity index (χ4n) is 1.53. The molecule has 0 saturated carbocycles. The third kappa shape index (κ3) is 4.85. The molecule has 0 radical (unpaired) electrons. The molecule has 1 unspecified atom stereocenters. The van der Waals surface area contributed by atoms with Crippen molar-refractivity contribution in [1.29, 1.82) is 0 Å². The standard InChI is InChI=1S/C11H14O13/c12-2-4(13)7(16)9(18)8(17)6(15)3-1-5(14)21-23-11(20)24-22-10(3)19/h1,4,6-9,12-13,15-18H,2H2/t4-,6?,7+,8+,9-/m0/s1. The molecule has 1 rings (SSSR count). The van der Waals surface area contributed by atoms with Gasteiger partial charge in [-0.25, -0.2) is 27.9 Å². The second kappa shape index (κ2) is 8.53. The largest absolute Gasteiger partial charge is 0.592 e. The molecule has 13 nitrogen and oxygen atoms in total. The second-order valence-electron chi connectivity index (χ2n) is 4.46. The van der Waals surface area contributed by atoms with E-state index in [9.17, 15) is 39.9 Å². The van der Waals surface area contributed by atoms with Crippen molar-refractivity contribution in [1.82, 2.24) is 0 Å². The predicted molar refractivity (Wildman–Crippen MR) is 68.0 cm³/mol. The molecule has 0 aliphatic carbocycles. The van der Waals surface area contributed by atoms with Crippen molar-refractivity contribution >= 4 is 0 Å². The van der Waals surface area contributed by atoms with Gasteiger partial charge in [0.15, 0.2) is 0 Å². The highest BCUT2D eigenvalue weighted by Crippen LogP contribution is 2.17. The molecule has 1 aromatic heterocycles. The Bertz CT molecular complexity index is 737. The van der Waals surface area contributed by atoms with Crippen molar-refractivity contribution in [3.8, 4) is 0 Å². The van der Waals surface area contributed by atoms with Crippen LogP contribution in [0.1, 0.15) is 11.7 Å². The van der Waals surface area contributed by atoms with E-state index >= 15 is 0 Å². The first kappa shape index (κ1) is 19.8. The van der Waals surface area contributed by atoms with Crippen molar-refractivity contribution in [2.24, 2.45) is 0 Å². The molecular weight excluding hydrogens is 340 g/mol. The fourth-order valence-corrected chi connectivity index (χ4v) is 1.53. The molecule has 0 amide bonds. The molecule has 0 spiro atoms. The Morgan fingerprint density at radius 2 is 1.42 bits per heavy atom. The summed E-state index contributed by atoms with van der Waals surface area (Å²) < 4.78 is 15.2. The molecule has 6 N–H and O–H groups in total. The molecular formula is C11H14O13. The molecule has 1 heterocycles. The van der Waals surface area contributed by atoms with Gasteiger partial charge in [-0.05, 0) is 0 Å². The minimum Gasteiger partial charge on any atom is -0.394 e. The minimum absolute atomic E-state index is 0.264. The molecule has 13 heteroatoms. The van der Waals surface area contributed by atoms with Crippen molar-refractivity contribution < 1.29 is 48.9 Å². The van der Waals surface area contributed by atoms with Crippen LogP contribution in [0.25, 0.3) is 0 Å². The number of rotatable bonds is 6. The first-order valence-corrected chi connectivity index (χ1v) is 6.23. The van der Waals surface area contributed by atoms with Gasteiger partial charge in [-0.2, -0.15) is 4.79 Å². The highest BCUT2D eigenvalue weighted by atomic mass is 17.0. The summed E-state index contributed by atoms with van der Waals surface area (Å²) in [6.07, 6.45) is -10.9. The van der Waals surface area contributed by atoms with E-state index in [-0.39, 0.29) is 6.07 Å². The average Bonchev–Trinajstić information content (AvgIpc) is 2.63. The summed E-state index contributed by atoms with van der Waals surface area (Å²) in [6.45, 7) is -0.981. The van der Waals surface area contributed by atoms with Crippen molar-refractivity contribution in [3.05, 3.63) is 43.1 Å². The molecule has 0 aromatic carbocycles. The summed E-state index contributed by atoms with van der Waals surface area (Å²) in [5, 5.41) is 56.5. The molecule has 1 aromatic rings. The SMILES string of the molecule is O=c1cc(C(O)[C@@H](O)[C@@H](O)[C@H](O)[C@@H](O)CO)c(=O)ooc(=O)oo1. The van der Waals surface area contributed by atoms with E-state index in [1.165, 1.54) is 0 Å². The van der Waals surface area contributed by atoms with Crippen LogP contribution in [-0.2, 0) is 0 Å². The first-order chi connectivity index (χ1) is 11.2. The van der Waals surface area contributed by atoms with E-state index < -0.39 is 59.8 Å². The van der Waals surface area contributed by atoms with E-state index in [4.69, 9.17) is 5.11 Å². The van der Waals surface area contributed by atoms with Crippen LogP contribution in [0.5, 0.6) is 0 Å². The predicted octanol–water partition coefficient (Wildman–Crippen LogP) is -4.27. The highest BCUT2D eigenvalue weighted by Gasteiger charge is 2.36. The number of aliphatic hydroxyl groups excluding tert-OH is 6. The van der Waals surface area contributed by atoms with E-state index in [0.29, 0.717) is 0 Å². The van der Waals surface area contributed by atoms with Gasteiger partial charge in [-0.1, -0.05) is 0 Å². The van der Waals surface area contributed by atoms with Gasteiger partial charge in [0, 0.05) is 6.07 Å². The topological polar surface area (TPSA) is 225 Å². The summed E-state index contributed by atoms with van der Waals surface area (Å²) in [6, 6.07) is 0.264. The molecule has 136 valence electrons. The zero-order valence-corrected chi connectivity index (χ0v) is 11.7. The zero-order chi connectivity index (χ0) is 18.4. The van der Waals surface area contributed by atoms with E-state index in [1.54, 1.807) is 0 Å². The van der Waals surface area contributed by atoms with Crippen LogP contribution in [0.2, 0.25) is 0 Å². The van der Waals surface area contributed by atoms with E-state index in [2.05, 4.69) is 18.3 Å². The Labute approximate surface area is 130 Å². The molecule has 0 aliphatic heterocycles. The van der Waals surface area contributed by atoms with Gasteiger partial charge in [0.2, 0.25) is 0 Å². The van der Waals surface area contributed by atoms with Crippen molar-refractivity contribution in [2.45, 2.75) is 30.5 Å². The minimum atomic E-state index is -2.35. The number of aliphatic hydroxyl groups is 6. The Kier molecular flexibility index (Phi) is 7.02. The maximum Gasteiger partial charge on any atom is 0.592 e. The quantitative estimate of drug-likeness (QED) is 0.266. The molecule has 0 fully saturated rings. The summed E-state index contributed by atoms with van der Waals surface area (Å²) in [5.74, 6) is -1.72. The van der Waals surface area contributed by atoms with Crippen LogP contribution in [0.15, 0.2) is 38.8 Å². The monoisotopic (exact) mass is 354 g/mol. The summed E-state index contributed by atoms with van der Waals surface area (Å²) in [4.78, 5) is 33.6. The Morgan fingerprint density at radius 1 is 0.833 bits per heavy atom. The maximum atomic E-state index is 11.6. The summed E-state index contributed by atoms with van der Waals surface area (Å²) in [7, 11) is 0. The lowest BCUT2D eigenvalue weighted by Crippen LogP contribution is -2.48. The number of hydrogen-bond donors (Lipinski definition) is 6. The van der Waals surface area contributed by atoms with Gasteiger partial charge in [-0.15, -0.1) is 0 Å². The normalized spacial score (nSPS) is 17.4. The van der Waals surface area contributed by atoms with Crippen molar-refractivity contribution in [2.75, 3.05) is 6.61 Å². The number of hydrogen-bond acceptors (Lipinski definition) is 13. The maximum absolute atomic E-state index is 11.6. The molecule has 24 heavy (non-hydrogen) atoms. The van der Waals surface area contributed by atoms with Crippen LogP contribution < -0.4 is 17.1 Å². The van der Waals surface area contributed by atoms with Crippen LogP contribution in [0.4, 0.5) is 0 Å².